The quantitative estimate of drug-likeness (QED) is 0.891. The maximum atomic E-state index is 12.8. The van der Waals surface area contributed by atoms with Crippen LogP contribution in [0, 0.1) is 5.82 Å². The van der Waals surface area contributed by atoms with E-state index in [1.54, 1.807) is 0 Å². The summed E-state index contributed by atoms with van der Waals surface area (Å²) < 4.78 is 18.0. The number of nitrogens with zero attached hydrogens (tertiary/aromatic N) is 3. The van der Waals surface area contributed by atoms with Gasteiger partial charge in [0.2, 0.25) is 11.7 Å². The van der Waals surface area contributed by atoms with Crippen molar-refractivity contribution in [1.29, 1.82) is 0 Å². The molecule has 0 radical (unpaired) electrons. The van der Waals surface area contributed by atoms with Crippen LogP contribution in [0.1, 0.15) is 11.9 Å². The number of thioether (sulfide) groups is 1. The molecule has 1 fully saturated rings. The van der Waals surface area contributed by atoms with Crippen molar-refractivity contribution in [3.8, 4) is 11.5 Å². The first-order valence-electron chi connectivity index (χ1n) is 5.59. The van der Waals surface area contributed by atoms with Gasteiger partial charge in [-0.05, 0) is 12.1 Å². The Morgan fingerprint density at radius 1 is 1.44 bits per heavy atom. The van der Waals surface area contributed by atoms with Crippen molar-refractivity contribution in [3.05, 3.63) is 30.0 Å². The summed E-state index contributed by atoms with van der Waals surface area (Å²) in [7, 11) is 0. The smallest absolute Gasteiger partial charge is 0.244 e. The predicted octanol–water partition coefficient (Wildman–Crippen LogP) is 1.65. The molecule has 1 unspecified atom stereocenters. The number of halogens is 1. The van der Waals surface area contributed by atoms with Crippen molar-refractivity contribution < 1.29 is 8.91 Å². The molecule has 94 valence electrons. The third-order valence-electron chi connectivity index (χ3n) is 2.62. The highest BCUT2D eigenvalue weighted by Crippen LogP contribution is 2.22. The molecule has 5 nitrogen and oxygen atoms in total. The molecule has 1 aliphatic heterocycles. The monoisotopic (exact) mass is 266 g/mol. The standard InChI is InChI=1S/C11H11FN4OS/c12-7-1-2-8(14-5-7)10-15-11(17-16-10)9-6-18-4-3-13-9/h1-2,5,9,13H,3-4,6H2. The van der Waals surface area contributed by atoms with Gasteiger partial charge in [0.05, 0.1) is 12.2 Å². The lowest BCUT2D eigenvalue weighted by atomic mass is 10.3. The van der Waals surface area contributed by atoms with Gasteiger partial charge in [0, 0.05) is 18.1 Å². The summed E-state index contributed by atoms with van der Waals surface area (Å²) in [6, 6.07) is 2.95. The maximum Gasteiger partial charge on any atom is 0.244 e. The lowest BCUT2D eigenvalue weighted by molar-refractivity contribution is 0.342. The molecule has 3 rings (SSSR count). The lowest BCUT2D eigenvalue weighted by Crippen LogP contribution is -2.30. The average molecular weight is 266 g/mol. The van der Waals surface area contributed by atoms with Crippen molar-refractivity contribution in [2.24, 2.45) is 0 Å². The minimum Gasteiger partial charge on any atom is -0.337 e. The van der Waals surface area contributed by atoms with Crippen molar-refractivity contribution >= 4 is 11.8 Å². The summed E-state index contributed by atoms with van der Waals surface area (Å²) in [5.41, 5.74) is 0.509. The highest BCUT2D eigenvalue weighted by atomic mass is 32.2. The van der Waals surface area contributed by atoms with Gasteiger partial charge in [-0.3, -0.25) is 0 Å². The molecule has 18 heavy (non-hydrogen) atoms. The Labute approximate surface area is 107 Å². The average Bonchev–Trinajstić information content (AvgIpc) is 2.90. The van der Waals surface area contributed by atoms with Crippen LogP contribution in [0.2, 0.25) is 0 Å². The Morgan fingerprint density at radius 3 is 3.11 bits per heavy atom. The Morgan fingerprint density at radius 2 is 2.39 bits per heavy atom. The fourth-order valence-corrected chi connectivity index (χ4v) is 2.64. The van der Waals surface area contributed by atoms with Gasteiger partial charge in [0.25, 0.3) is 0 Å². The van der Waals surface area contributed by atoms with Crippen LogP contribution in [0.3, 0.4) is 0 Å². The van der Waals surface area contributed by atoms with Crippen LogP contribution in [-0.2, 0) is 0 Å². The van der Waals surface area contributed by atoms with E-state index in [0.29, 0.717) is 17.4 Å². The number of pyridine rings is 1. The van der Waals surface area contributed by atoms with Gasteiger partial charge >= 0.3 is 0 Å². The lowest BCUT2D eigenvalue weighted by Gasteiger charge is -2.19. The topological polar surface area (TPSA) is 63.8 Å². The minimum absolute atomic E-state index is 0.0884. The maximum absolute atomic E-state index is 12.8. The summed E-state index contributed by atoms with van der Waals surface area (Å²) in [6.45, 7) is 0.932. The van der Waals surface area contributed by atoms with Crippen LogP contribution in [0.4, 0.5) is 4.39 Å². The van der Waals surface area contributed by atoms with Gasteiger partial charge in [-0.1, -0.05) is 5.16 Å². The summed E-state index contributed by atoms with van der Waals surface area (Å²) in [5.74, 6) is 2.58. The zero-order chi connectivity index (χ0) is 12.4. The Balaban J connectivity index is 1.82. The largest absolute Gasteiger partial charge is 0.337 e. The number of rotatable bonds is 2. The van der Waals surface area contributed by atoms with E-state index in [-0.39, 0.29) is 11.9 Å². The van der Waals surface area contributed by atoms with E-state index in [1.807, 2.05) is 11.8 Å². The highest BCUT2D eigenvalue weighted by Gasteiger charge is 2.21. The molecule has 1 aliphatic rings. The highest BCUT2D eigenvalue weighted by molar-refractivity contribution is 7.99. The number of nitrogens with one attached hydrogen (secondary N) is 1. The van der Waals surface area contributed by atoms with E-state index in [0.717, 1.165) is 24.2 Å². The molecule has 2 aromatic heterocycles. The van der Waals surface area contributed by atoms with Crippen LogP contribution in [-0.4, -0.2) is 33.2 Å². The van der Waals surface area contributed by atoms with Crippen LogP contribution in [0.5, 0.6) is 0 Å². The fraction of sp³-hybridized carbons (Fsp3) is 0.364. The summed E-state index contributed by atoms with van der Waals surface area (Å²) in [6.07, 6.45) is 1.14. The fourth-order valence-electron chi connectivity index (χ4n) is 1.71. The molecule has 3 heterocycles. The van der Waals surface area contributed by atoms with Gasteiger partial charge in [-0.25, -0.2) is 9.37 Å². The van der Waals surface area contributed by atoms with Crippen LogP contribution < -0.4 is 5.32 Å². The van der Waals surface area contributed by atoms with E-state index >= 15 is 0 Å². The minimum atomic E-state index is -0.382. The second-order valence-corrected chi connectivity index (χ2v) is 5.05. The molecule has 1 N–H and O–H groups in total. The van der Waals surface area contributed by atoms with Crippen molar-refractivity contribution in [2.45, 2.75) is 6.04 Å². The second kappa shape index (κ2) is 5.03. The molecule has 1 atom stereocenters. The van der Waals surface area contributed by atoms with Gasteiger partial charge in [0.1, 0.15) is 11.5 Å². The molecule has 0 aliphatic carbocycles. The zero-order valence-corrected chi connectivity index (χ0v) is 10.3. The SMILES string of the molecule is Fc1ccc(-c2noc(C3CSCCN3)n2)nc1. The van der Waals surface area contributed by atoms with E-state index in [1.165, 1.54) is 12.1 Å². The molecule has 0 aromatic carbocycles. The molecule has 2 aromatic rings. The Hall–Kier alpha value is -1.47. The first kappa shape index (κ1) is 11.6. The molecule has 0 saturated carbocycles. The summed E-state index contributed by atoms with van der Waals surface area (Å²) >= 11 is 1.85. The second-order valence-electron chi connectivity index (χ2n) is 3.90. The normalized spacial score (nSPS) is 19.9. The molecule has 7 heteroatoms. The Bertz CT molecular complexity index is 524. The number of hydrogen-bond acceptors (Lipinski definition) is 6. The Kier molecular flexibility index (Phi) is 3.24. The predicted molar refractivity (Wildman–Crippen MR) is 65.6 cm³/mol. The number of hydrogen-bond donors (Lipinski definition) is 1. The first-order chi connectivity index (χ1) is 8.83. The van der Waals surface area contributed by atoms with Crippen molar-refractivity contribution in [3.63, 3.8) is 0 Å². The van der Waals surface area contributed by atoms with E-state index in [2.05, 4.69) is 20.4 Å². The van der Waals surface area contributed by atoms with E-state index in [9.17, 15) is 4.39 Å². The summed E-state index contributed by atoms with van der Waals surface area (Å²) in [4.78, 5) is 8.22. The first-order valence-corrected chi connectivity index (χ1v) is 6.75. The summed E-state index contributed by atoms with van der Waals surface area (Å²) in [5, 5.41) is 7.18. The molecule has 0 amide bonds. The molecule has 0 bridgehead atoms. The zero-order valence-electron chi connectivity index (χ0n) is 9.47. The molecule has 0 spiro atoms. The van der Waals surface area contributed by atoms with Gasteiger partial charge < -0.3 is 9.84 Å². The van der Waals surface area contributed by atoms with Crippen molar-refractivity contribution in [2.75, 3.05) is 18.1 Å². The van der Waals surface area contributed by atoms with E-state index < -0.39 is 0 Å². The third kappa shape index (κ3) is 2.37. The van der Waals surface area contributed by atoms with E-state index in [4.69, 9.17) is 4.52 Å². The number of aromatic nitrogens is 3. The van der Waals surface area contributed by atoms with Crippen molar-refractivity contribution in [1.82, 2.24) is 20.4 Å². The van der Waals surface area contributed by atoms with Gasteiger partial charge in [-0.15, -0.1) is 0 Å². The molecular formula is C11H11FN4OS. The molecular weight excluding hydrogens is 255 g/mol. The van der Waals surface area contributed by atoms with Crippen LogP contribution in [0.15, 0.2) is 22.9 Å². The van der Waals surface area contributed by atoms with Gasteiger partial charge in [0.15, 0.2) is 0 Å². The van der Waals surface area contributed by atoms with Crippen LogP contribution in [0.25, 0.3) is 11.5 Å². The molecule has 1 saturated heterocycles. The third-order valence-corrected chi connectivity index (χ3v) is 3.68. The van der Waals surface area contributed by atoms with Crippen LogP contribution >= 0.6 is 11.8 Å². The van der Waals surface area contributed by atoms with Gasteiger partial charge in [-0.2, -0.15) is 16.7 Å².